The zero-order valence-corrected chi connectivity index (χ0v) is 16.1. The summed E-state index contributed by atoms with van der Waals surface area (Å²) >= 11 is 5.91. The van der Waals surface area contributed by atoms with Gasteiger partial charge in [-0.3, -0.25) is 14.4 Å². The number of nitrogens with zero attached hydrogens (tertiary/aromatic N) is 1. The molecule has 0 aliphatic carbocycles. The van der Waals surface area contributed by atoms with Gasteiger partial charge in [-0.25, -0.2) is 4.90 Å². The Bertz CT molecular complexity index is 858. The number of imide groups is 1. The first-order chi connectivity index (χ1) is 12.6. The van der Waals surface area contributed by atoms with Crippen LogP contribution in [0.3, 0.4) is 0 Å². The topological polar surface area (TPSA) is 75.7 Å². The van der Waals surface area contributed by atoms with Gasteiger partial charge in [0.1, 0.15) is 5.60 Å². The van der Waals surface area contributed by atoms with Crippen molar-refractivity contribution in [3.63, 3.8) is 0 Å². The fraction of sp³-hybridized carbons (Fsp3) is 0.450. The molecule has 2 saturated heterocycles. The zero-order valence-electron chi connectivity index (χ0n) is 15.4. The summed E-state index contributed by atoms with van der Waals surface area (Å²) in [6.45, 7) is 5.61. The quantitative estimate of drug-likeness (QED) is 0.637. The Morgan fingerprint density at radius 2 is 1.89 bits per heavy atom. The number of fused-ring (bicyclic) bond motifs is 5. The summed E-state index contributed by atoms with van der Waals surface area (Å²) in [5.41, 5.74) is -1.04. The van der Waals surface area contributed by atoms with Crippen LogP contribution in [-0.4, -0.2) is 36.0 Å². The van der Waals surface area contributed by atoms with Crippen LogP contribution in [0.1, 0.15) is 20.8 Å². The number of hydrogen-bond acceptors (Lipinski definition) is 4. The molecule has 0 aromatic heterocycles. The Kier molecular flexibility index (Phi) is 3.98. The highest BCUT2D eigenvalue weighted by atomic mass is 35.5. The van der Waals surface area contributed by atoms with E-state index in [1.165, 1.54) is 4.90 Å². The third-order valence-electron chi connectivity index (χ3n) is 5.45. The molecule has 6 nitrogen and oxygen atoms in total. The van der Waals surface area contributed by atoms with Crippen LogP contribution in [0.15, 0.2) is 36.4 Å². The van der Waals surface area contributed by atoms with Gasteiger partial charge in [-0.05, 0) is 24.3 Å². The summed E-state index contributed by atoms with van der Waals surface area (Å²) in [5.74, 6) is -1.91. The molecular formula is C20H21ClN2O4. The second kappa shape index (κ2) is 5.91. The third kappa shape index (κ3) is 2.70. The van der Waals surface area contributed by atoms with Crippen molar-refractivity contribution in [3.8, 4) is 0 Å². The Labute approximate surface area is 162 Å². The maximum absolute atomic E-state index is 13.2. The minimum absolute atomic E-state index is 0.132. The second-order valence-corrected chi connectivity index (χ2v) is 8.76. The molecule has 2 bridgehead atoms. The minimum Gasteiger partial charge on any atom is -0.360 e. The van der Waals surface area contributed by atoms with Crippen molar-refractivity contribution in [2.45, 2.75) is 32.5 Å². The highest BCUT2D eigenvalue weighted by molar-refractivity contribution is 6.31. The van der Waals surface area contributed by atoms with Crippen LogP contribution < -0.4 is 10.2 Å². The standard InChI is InChI=1S/C20H21ClN2O4/c1-19(2,3)18(26)22-10-20-9-8-13(27-20)14-15(20)17(25)23(16(14)24)12-6-4-11(21)5-7-12/h4-9,13-15H,10H2,1-3H3,(H,22,26)/t13-,14+,15+,20-/m0/s1. The van der Waals surface area contributed by atoms with Gasteiger partial charge in [0, 0.05) is 10.4 Å². The Morgan fingerprint density at radius 1 is 1.22 bits per heavy atom. The lowest BCUT2D eigenvalue weighted by atomic mass is 9.76. The molecule has 1 N–H and O–H groups in total. The summed E-state index contributed by atoms with van der Waals surface area (Å²) in [6.07, 6.45) is 3.19. The number of nitrogens with one attached hydrogen (secondary N) is 1. The summed E-state index contributed by atoms with van der Waals surface area (Å²) in [4.78, 5) is 39.6. The minimum atomic E-state index is -0.982. The van der Waals surface area contributed by atoms with Crippen LogP contribution in [0.25, 0.3) is 0 Å². The van der Waals surface area contributed by atoms with Crippen molar-refractivity contribution >= 4 is 35.0 Å². The van der Waals surface area contributed by atoms with Crippen LogP contribution in [0.4, 0.5) is 5.69 Å². The maximum Gasteiger partial charge on any atom is 0.241 e. The van der Waals surface area contributed by atoms with Crippen LogP contribution in [0.5, 0.6) is 0 Å². The van der Waals surface area contributed by atoms with Crippen LogP contribution in [0.2, 0.25) is 5.02 Å². The number of anilines is 1. The molecule has 0 radical (unpaired) electrons. The number of halogens is 1. The molecule has 7 heteroatoms. The first-order valence-electron chi connectivity index (χ1n) is 8.93. The molecule has 3 aliphatic rings. The first-order valence-corrected chi connectivity index (χ1v) is 9.31. The number of hydrogen-bond donors (Lipinski definition) is 1. The summed E-state index contributed by atoms with van der Waals surface area (Å²) in [6, 6.07) is 6.61. The van der Waals surface area contributed by atoms with Gasteiger partial charge < -0.3 is 10.1 Å². The van der Waals surface area contributed by atoms with Gasteiger partial charge in [0.2, 0.25) is 17.7 Å². The van der Waals surface area contributed by atoms with E-state index in [2.05, 4.69) is 5.32 Å². The maximum atomic E-state index is 13.2. The lowest BCUT2D eigenvalue weighted by molar-refractivity contribution is -0.132. The van der Waals surface area contributed by atoms with Crippen LogP contribution >= 0.6 is 11.6 Å². The third-order valence-corrected chi connectivity index (χ3v) is 5.70. The first kappa shape index (κ1) is 18.2. The normalized spacial score (nSPS) is 31.6. The zero-order chi connectivity index (χ0) is 19.6. The predicted molar refractivity (Wildman–Crippen MR) is 100 cm³/mol. The number of carbonyl (C=O) groups excluding carboxylic acids is 3. The van der Waals surface area contributed by atoms with Crippen molar-refractivity contribution < 1.29 is 19.1 Å². The summed E-state index contributed by atoms with van der Waals surface area (Å²) in [7, 11) is 0. The van der Waals surface area contributed by atoms with E-state index >= 15 is 0 Å². The van der Waals surface area contributed by atoms with E-state index < -0.39 is 29.0 Å². The monoisotopic (exact) mass is 388 g/mol. The van der Waals surface area contributed by atoms with E-state index in [4.69, 9.17) is 16.3 Å². The molecule has 0 spiro atoms. The summed E-state index contributed by atoms with van der Waals surface area (Å²) < 4.78 is 6.02. The smallest absolute Gasteiger partial charge is 0.241 e. The van der Waals surface area contributed by atoms with Crippen molar-refractivity contribution in [2.24, 2.45) is 17.3 Å². The van der Waals surface area contributed by atoms with Gasteiger partial charge in [0.05, 0.1) is 30.2 Å². The van der Waals surface area contributed by atoms with Gasteiger partial charge in [0.25, 0.3) is 0 Å². The molecule has 142 valence electrons. The average Bonchev–Trinajstić information content (AvgIpc) is 3.24. The van der Waals surface area contributed by atoms with Crippen molar-refractivity contribution in [1.82, 2.24) is 5.32 Å². The number of rotatable bonds is 3. The van der Waals surface area contributed by atoms with Gasteiger partial charge in [-0.1, -0.05) is 44.5 Å². The number of amides is 3. The Balaban J connectivity index is 1.62. The fourth-order valence-corrected chi connectivity index (χ4v) is 4.16. The van der Waals surface area contributed by atoms with Gasteiger partial charge >= 0.3 is 0 Å². The van der Waals surface area contributed by atoms with E-state index in [1.807, 2.05) is 32.9 Å². The summed E-state index contributed by atoms with van der Waals surface area (Å²) in [5, 5.41) is 3.41. The molecule has 3 heterocycles. The Hall–Kier alpha value is -2.18. The van der Waals surface area contributed by atoms with Gasteiger partial charge in [-0.2, -0.15) is 0 Å². The van der Waals surface area contributed by atoms with Crippen molar-refractivity contribution in [2.75, 3.05) is 11.4 Å². The molecule has 1 aromatic rings. The van der Waals surface area contributed by atoms with Crippen molar-refractivity contribution in [3.05, 3.63) is 41.4 Å². The van der Waals surface area contributed by atoms with E-state index in [0.717, 1.165) is 0 Å². The molecule has 27 heavy (non-hydrogen) atoms. The van der Waals surface area contributed by atoms with E-state index in [1.54, 1.807) is 24.3 Å². The lowest BCUT2D eigenvalue weighted by Crippen LogP contribution is -2.50. The number of carbonyl (C=O) groups is 3. The average molecular weight is 389 g/mol. The molecule has 0 unspecified atom stereocenters. The largest absolute Gasteiger partial charge is 0.360 e. The SMILES string of the molecule is CC(C)(C)C(=O)NC[C@]12C=C[C@H](O1)[C@H]1C(=O)N(c3ccc(Cl)cc3)C(=O)[C@@H]12. The van der Waals surface area contributed by atoms with Gasteiger partial charge in [0.15, 0.2) is 0 Å². The predicted octanol–water partition coefficient (Wildman–Crippen LogP) is 2.32. The highest BCUT2D eigenvalue weighted by Crippen LogP contribution is 2.52. The number of ether oxygens (including phenoxy) is 1. The Morgan fingerprint density at radius 3 is 2.52 bits per heavy atom. The highest BCUT2D eigenvalue weighted by Gasteiger charge is 2.67. The molecule has 1 aromatic carbocycles. The van der Waals surface area contributed by atoms with E-state index in [0.29, 0.717) is 10.7 Å². The van der Waals surface area contributed by atoms with Crippen LogP contribution in [0, 0.1) is 17.3 Å². The van der Waals surface area contributed by atoms with E-state index in [9.17, 15) is 14.4 Å². The molecule has 4 rings (SSSR count). The van der Waals surface area contributed by atoms with Gasteiger partial charge in [-0.15, -0.1) is 0 Å². The molecule has 3 aliphatic heterocycles. The molecule has 2 fully saturated rings. The molecular weight excluding hydrogens is 368 g/mol. The van der Waals surface area contributed by atoms with Crippen LogP contribution in [-0.2, 0) is 19.1 Å². The molecule has 3 amide bonds. The molecule has 0 saturated carbocycles. The molecule has 4 atom stereocenters. The lowest BCUT2D eigenvalue weighted by Gasteiger charge is -2.30. The number of benzene rings is 1. The van der Waals surface area contributed by atoms with Crippen molar-refractivity contribution in [1.29, 1.82) is 0 Å². The fourth-order valence-electron chi connectivity index (χ4n) is 4.03. The van der Waals surface area contributed by atoms with E-state index in [-0.39, 0.29) is 24.3 Å². The second-order valence-electron chi connectivity index (χ2n) is 8.32.